The first-order chi connectivity index (χ1) is 9.58. The van der Waals surface area contributed by atoms with Crippen molar-refractivity contribution < 1.29 is 4.74 Å². The third-order valence-electron chi connectivity index (χ3n) is 3.17. The minimum Gasteiger partial charge on any atom is -0.497 e. The van der Waals surface area contributed by atoms with Crippen LogP contribution in [-0.4, -0.2) is 16.7 Å². The van der Waals surface area contributed by atoms with Gasteiger partial charge in [-0.1, -0.05) is 15.9 Å². The number of hydrogen-bond donors (Lipinski definition) is 1. The van der Waals surface area contributed by atoms with Crippen LogP contribution in [0.1, 0.15) is 5.56 Å². The van der Waals surface area contributed by atoms with Gasteiger partial charge in [-0.25, -0.2) is 4.98 Å². The molecule has 5 heteroatoms. The Bertz CT molecular complexity index is 775. The summed E-state index contributed by atoms with van der Waals surface area (Å²) in [6.45, 7) is 2.05. The summed E-state index contributed by atoms with van der Waals surface area (Å²) < 4.78 is 8.17. The van der Waals surface area contributed by atoms with Crippen LogP contribution in [0.25, 0.3) is 16.7 Å². The molecule has 3 aromatic rings. The van der Waals surface area contributed by atoms with E-state index in [0.717, 1.165) is 32.5 Å². The van der Waals surface area contributed by atoms with Gasteiger partial charge in [0, 0.05) is 10.5 Å². The lowest BCUT2D eigenvalue weighted by molar-refractivity contribution is 0.415. The highest BCUT2D eigenvalue weighted by Gasteiger charge is 2.11. The first-order valence-electron chi connectivity index (χ1n) is 6.18. The molecule has 0 bridgehead atoms. The van der Waals surface area contributed by atoms with Gasteiger partial charge in [0.25, 0.3) is 0 Å². The van der Waals surface area contributed by atoms with Gasteiger partial charge in [-0.05, 0) is 42.8 Å². The van der Waals surface area contributed by atoms with E-state index in [1.807, 2.05) is 35.8 Å². The number of anilines is 1. The fourth-order valence-corrected chi connectivity index (χ4v) is 2.92. The average molecular weight is 332 g/mol. The van der Waals surface area contributed by atoms with Crippen molar-refractivity contribution in [1.82, 2.24) is 9.55 Å². The Labute approximate surface area is 125 Å². The van der Waals surface area contributed by atoms with E-state index < -0.39 is 0 Å². The third-order valence-corrected chi connectivity index (χ3v) is 3.63. The lowest BCUT2D eigenvalue weighted by atomic mass is 10.2. The molecule has 0 saturated carbocycles. The summed E-state index contributed by atoms with van der Waals surface area (Å²) in [6.07, 6.45) is 0. The van der Waals surface area contributed by atoms with Crippen molar-refractivity contribution in [3.05, 3.63) is 46.4 Å². The molecule has 2 aromatic carbocycles. The van der Waals surface area contributed by atoms with Gasteiger partial charge >= 0.3 is 0 Å². The number of aryl methyl sites for hydroxylation is 1. The molecule has 20 heavy (non-hydrogen) atoms. The molecule has 0 atom stereocenters. The van der Waals surface area contributed by atoms with Crippen LogP contribution in [0.5, 0.6) is 5.75 Å². The van der Waals surface area contributed by atoms with E-state index in [1.165, 1.54) is 0 Å². The second-order valence-electron chi connectivity index (χ2n) is 4.65. The Kier molecular flexibility index (Phi) is 3.14. The molecule has 0 saturated heterocycles. The lowest BCUT2D eigenvalue weighted by Gasteiger charge is -2.08. The number of nitrogen functional groups attached to an aromatic ring is 1. The summed E-state index contributed by atoms with van der Waals surface area (Å²) in [6, 6.07) is 11.9. The normalized spacial score (nSPS) is 10.9. The van der Waals surface area contributed by atoms with Crippen LogP contribution in [0.4, 0.5) is 5.95 Å². The fourth-order valence-electron chi connectivity index (χ4n) is 2.32. The quantitative estimate of drug-likeness (QED) is 0.779. The summed E-state index contributed by atoms with van der Waals surface area (Å²) in [5, 5.41) is 0. The predicted octanol–water partition coefficient (Wildman–Crippen LogP) is 3.69. The van der Waals surface area contributed by atoms with Crippen LogP contribution < -0.4 is 10.5 Å². The molecule has 0 aliphatic heterocycles. The summed E-state index contributed by atoms with van der Waals surface area (Å²) in [7, 11) is 1.64. The van der Waals surface area contributed by atoms with Gasteiger partial charge in [0.05, 0.1) is 23.8 Å². The van der Waals surface area contributed by atoms with Crippen LogP contribution >= 0.6 is 15.9 Å². The Balaban J connectivity index is 2.27. The first-order valence-corrected chi connectivity index (χ1v) is 6.97. The highest BCUT2D eigenvalue weighted by molar-refractivity contribution is 9.10. The molecule has 0 aliphatic rings. The Morgan fingerprint density at radius 2 is 2.00 bits per heavy atom. The van der Waals surface area contributed by atoms with E-state index >= 15 is 0 Å². The van der Waals surface area contributed by atoms with Gasteiger partial charge in [0.2, 0.25) is 5.95 Å². The van der Waals surface area contributed by atoms with Gasteiger partial charge in [-0.3, -0.25) is 4.57 Å². The summed E-state index contributed by atoms with van der Waals surface area (Å²) in [5.41, 5.74) is 10.00. The number of rotatable bonds is 2. The van der Waals surface area contributed by atoms with Gasteiger partial charge in [-0.2, -0.15) is 0 Å². The standard InChI is InChI=1S/C15H14BrN3O/c1-9-5-10(16)7-11(6-9)19-14-4-3-12(20-2)8-13(14)18-15(19)17/h3-8H,1-2H3,(H2,17,18). The summed E-state index contributed by atoms with van der Waals surface area (Å²) in [4.78, 5) is 4.40. The molecule has 2 N–H and O–H groups in total. The van der Waals surface area contributed by atoms with Gasteiger partial charge < -0.3 is 10.5 Å². The van der Waals surface area contributed by atoms with Gasteiger partial charge in [0.1, 0.15) is 5.75 Å². The minimum atomic E-state index is 0.464. The molecule has 0 fully saturated rings. The van der Waals surface area contributed by atoms with Gasteiger partial charge in [-0.15, -0.1) is 0 Å². The second-order valence-corrected chi connectivity index (χ2v) is 5.56. The fraction of sp³-hybridized carbons (Fsp3) is 0.133. The molecule has 0 radical (unpaired) electrons. The summed E-state index contributed by atoms with van der Waals surface area (Å²) in [5.74, 6) is 1.23. The van der Waals surface area contributed by atoms with Crippen molar-refractivity contribution in [1.29, 1.82) is 0 Å². The van der Waals surface area contributed by atoms with Crippen LogP contribution in [0, 0.1) is 6.92 Å². The number of ether oxygens (including phenoxy) is 1. The van der Waals surface area contributed by atoms with E-state index in [0.29, 0.717) is 5.95 Å². The Morgan fingerprint density at radius 1 is 1.20 bits per heavy atom. The molecule has 1 heterocycles. The average Bonchev–Trinajstić information content (AvgIpc) is 2.72. The van der Waals surface area contributed by atoms with E-state index in [2.05, 4.69) is 33.0 Å². The van der Waals surface area contributed by atoms with Crippen LogP contribution in [-0.2, 0) is 0 Å². The van der Waals surface area contributed by atoms with Crippen LogP contribution in [0.3, 0.4) is 0 Å². The maximum Gasteiger partial charge on any atom is 0.205 e. The third kappa shape index (κ3) is 2.14. The smallest absolute Gasteiger partial charge is 0.205 e. The molecular formula is C15H14BrN3O. The zero-order valence-electron chi connectivity index (χ0n) is 11.2. The SMILES string of the molecule is COc1ccc2c(c1)nc(N)n2-c1cc(C)cc(Br)c1. The minimum absolute atomic E-state index is 0.464. The number of methoxy groups -OCH3 is 1. The van der Waals surface area contributed by atoms with Crippen molar-refractivity contribution in [2.24, 2.45) is 0 Å². The zero-order chi connectivity index (χ0) is 14.3. The van der Waals surface area contributed by atoms with Crippen molar-refractivity contribution in [2.45, 2.75) is 6.92 Å². The Morgan fingerprint density at radius 3 is 2.70 bits per heavy atom. The number of halogens is 1. The molecule has 1 aromatic heterocycles. The highest BCUT2D eigenvalue weighted by atomic mass is 79.9. The molecule has 0 aliphatic carbocycles. The number of nitrogens with zero attached hydrogens (tertiary/aromatic N) is 2. The second kappa shape index (κ2) is 4.83. The monoisotopic (exact) mass is 331 g/mol. The first kappa shape index (κ1) is 13.0. The predicted molar refractivity (Wildman–Crippen MR) is 84.5 cm³/mol. The maximum atomic E-state index is 6.07. The van der Waals surface area contributed by atoms with Crippen molar-refractivity contribution >= 4 is 32.9 Å². The van der Waals surface area contributed by atoms with E-state index in [-0.39, 0.29) is 0 Å². The molecule has 0 unspecified atom stereocenters. The lowest BCUT2D eigenvalue weighted by Crippen LogP contribution is -2.01. The largest absolute Gasteiger partial charge is 0.497 e. The number of nitrogens with two attached hydrogens (primary N) is 1. The number of fused-ring (bicyclic) bond motifs is 1. The molecule has 102 valence electrons. The van der Waals surface area contributed by atoms with Gasteiger partial charge in [0.15, 0.2) is 0 Å². The van der Waals surface area contributed by atoms with E-state index in [9.17, 15) is 0 Å². The van der Waals surface area contributed by atoms with Crippen LogP contribution in [0.2, 0.25) is 0 Å². The zero-order valence-corrected chi connectivity index (χ0v) is 12.8. The number of hydrogen-bond acceptors (Lipinski definition) is 3. The number of imidazole rings is 1. The number of benzene rings is 2. The van der Waals surface area contributed by atoms with Crippen LogP contribution in [0.15, 0.2) is 40.9 Å². The molecule has 0 amide bonds. The molecular weight excluding hydrogens is 318 g/mol. The van der Waals surface area contributed by atoms with E-state index in [1.54, 1.807) is 7.11 Å². The topological polar surface area (TPSA) is 53.1 Å². The van der Waals surface area contributed by atoms with Crippen molar-refractivity contribution in [2.75, 3.05) is 12.8 Å². The van der Waals surface area contributed by atoms with Crippen molar-refractivity contribution in [3.8, 4) is 11.4 Å². The molecule has 4 nitrogen and oxygen atoms in total. The molecule has 3 rings (SSSR count). The maximum absolute atomic E-state index is 6.07. The number of aromatic nitrogens is 2. The highest BCUT2D eigenvalue weighted by Crippen LogP contribution is 2.28. The Hall–Kier alpha value is -2.01. The molecule has 0 spiro atoms. The van der Waals surface area contributed by atoms with Crippen molar-refractivity contribution in [3.63, 3.8) is 0 Å². The van der Waals surface area contributed by atoms with E-state index in [4.69, 9.17) is 10.5 Å². The summed E-state index contributed by atoms with van der Waals surface area (Å²) >= 11 is 3.52.